The van der Waals surface area contributed by atoms with Gasteiger partial charge in [-0.25, -0.2) is 17.5 Å². The number of para-hydroxylation sites is 1. The Labute approximate surface area is 255 Å². The molecule has 1 saturated heterocycles. The van der Waals surface area contributed by atoms with Crippen molar-refractivity contribution < 1.29 is 31.8 Å². The summed E-state index contributed by atoms with van der Waals surface area (Å²) in [6.45, 7) is 3.03. The second-order valence-electron chi connectivity index (χ2n) is 11.2. The lowest BCUT2D eigenvalue weighted by molar-refractivity contribution is 0.0252. The quantitative estimate of drug-likeness (QED) is 0.240. The van der Waals surface area contributed by atoms with Gasteiger partial charge in [-0.05, 0) is 66.1 Å². The van der Waals surface area contributed by atoms with Crippen LogP contribution in [-0.2, 0) is 26.7 Å². The number of ketones is 1. The number of ether oxygens (including phenoxy) is 3. The maximum Gasteiger partial charge on any atom is 0.194 e. The maximum atomic E-state index is 14.0. The van der Waals surface area contributed by atoms with Crippen molar-refractivity contribution >= 4 is 27.5 Å². The highest BCUT2D eigenvalue weighted by Gasteiger charge is 2.27. The highest BCUT2D eigenvalue weighted by Crippen LogP contribution is 2.36. The minimum atomic E-state index is -3.32. The molecule has 0 amide bonds. The summed E-state index contributed by atoms with van der Waals surface area (Å²) in [6, 6.07) is 15.0. The van der Waals surface area contributed by atoms with Gasteiger partial charge in [0.05, 0.1) is 36.4 Å². The third-order valence-electron chi connectivity index (χ3n) is 7.72. The largest absolute Gasteiger partial charge is 0.490 e. The SMILES string of the molecule is Cc1cc(Oc2ccccc2F)ccc1-n1ncc(C(=O)C2=Cc3cc(OC4CCOCC4)c(CS(C)(=O)=O)cc3C2)c1N. The van der Waals surface area contributed by atoms with E-state index in [1.165, 1.54) is 23.2 Å². The zero-order valence-electron chi connectivity index (χ0n) is 24.4. The van der Waals surface area contributed by atoms with Crippen LogP contribution in [0.4, 0.5) is 10.2 Å². The van der Waals surface area contributed by atoms with Gasteiger partial charge >= 0.3 is 0 Å². The molecule has 0 spiro atoms. The summed E-state index contributed by atoms with van der Waals surface area (Å²) in [5.41, 5.74) is 10.9. The van der Waals surface area contributed by atoms with Crippen molar-refractivity contribution in [3.05, 3.63) is 100 Å². The first-order valence-electron chi connectivity index (χ1n) is 14.3. The number of rotatable bonds is 9. The fraction of sp³-hybridized carbons (Fsp3) is 0.273. The molecule has 9 nitrogen and oxygen atoms in total. The number of carbonyl (C=O) groups is 1. The molecule has 1 aliphatic carbocycles. The summed E-state index contributed by atoms with van der Waals surface area (Å²) in [5, 5.41) is 4.40. The van der Waals surface area contributed by atoms with Crippen molar-refractivity contribution in [3.8, 4) is 22.9 Å². The molecular weight excluding hydrogens is 585 g/mol. The number of hydrogen-bond acceptors (Lipinski definition) is 8. The molecule has 2 heterocycles. The lowest BCUT2D eigenvalue weighted by Crippen LogP contribution is -2.26. The molecule has 2 aliphatic rings. The number of nitrogens with zero attached hydrogens (tertiary/aromatic N) is 2. The Hall–Kier alpha value is -4.48. The Kier molecular flexibility index (Phi) is 8.00. The molecule has 0 atom stereocenters. The van der Waals surface area contributed by atoms with E-state index >= 15 is 0 Å². The Bertz CT molecular complexity index is 1890. The number of fused-ring (bicyclic) bond motifs is 1. The van der Waals surface area contributed by atoms with Gasteiger partial charge in [0.1, 0.15) is 23.4 Å². The fourth-order valence-electron chi connectivity index (χ4n) is 5.53. The van der Waals surface area contributed by atoms with Gasteiger partial charge < -0.3 is 19.9 Å². The molecule has 4 aromatic rings. The highest BCUT2D eigenvalue weighted by molar-refractivity contribution is 7.89. The Morgan fingerprint density at radius 1 is 1.11 bits per heavy atom. The van der Waals surface area contributed by atoms with Crippen LogP contribution in [0.2, 0.25) is 0 Å². The number of Topliss-reactive ketones (excluding diaryl/α,β-unsaturated/α-hetero) is 1. The van der Waals surface area contributed by atoms with Gasteiger partial charge in [-0.2, -0.15) is 5.10 Å². The number of aromatic nitrogens is 2. The van der Waals surface area contributed by atoms with E-state index < -0.39 is 15.7 Å². The third kappa shape index (κ3) is 6.24. The summed E-state index contributed by atoms with van der Waals surface area (Å²) in [7, 11) is -3.32. The van der Waals surface area contributed by atoms with E-state index in [4.69, 9.17) is 19.9 Å². The summed E-state index contributed by atoms with van der Waals surface area (Å²) >= 11 is 0. The smallest absolute Gasteiger partial charge is 0.194 e. The van der Waals surface area contributed by atoms with Gasteiger partial charge in [-0.15, -0.1) is 0 Å². The number of hydrogen-bond donors (Lipinski definition) is 1. The summed E-state index contributed by atoms with van der Waals surface area (Å²) in [5.74, 6) is 0.358. The topological polar surface area (TPSA) is 123 Å². The second kappa shape index (κ2) is 11.9. The van der Waals surface area contributed by atoms with E-state index in [0.29, 0.717) is 48.0 Å². The monoisotopic (exact) mass is 617 g/mol. The lowest BCUT2D eigenvalue weighted by atomic mass is 10.0. The van der Waals surface area contributed by atoms with Crippen molar-refractivity contribution in [2.75, 3.05) is 25.2 Å². The van der Waals surface area contributed by atoms with Crippen LogP contribution in [0.1, 0.15) is 45.5 Å². The molecule has 6 rings (SSSR count). The number of sulfone groups is 1. The van der Waals surface area contributed by atoms with E-state index in [2.05, 4.69) is 5.10 Å². The predicted octanol–water partition coefficient (Wildman–Crippen LogP) is 5.62. The lowest BCUT2D eigenvalue weighted by Gasteiger charge is -2.25. The van der Waals surface area contributed by atoms with Crippen LogP contribution >= 0.6 is 0 Å². The molecule has 228 valence electrons. The molecule has 44 heavy (non-hydrogen) atoms. The molecule has 3 aromatic carbocycles. The van der Waals surface area contributed by atoms with E-state index in [-0.39, 0.29) is 34.8 Å². The average Bonchev–Trinajstić information content (AvgIpc) is 3.57. The summed E-state index contributed by atoms with van der Waals surface area (Å²) < 4.78 is 57.3. The molecule has 0 saturated carbocycles. The third-order valence-corrected chi connectivity index (χ3v) is 8.55. The van der Waals surface area contributed by atoms with Crippen LogP contribution in [-0.4, -0.2) is 49.6 Å². The second-order valence-corrected chi connectivity index (χ2v) is 13.3. The first-order chi connectivity index (χ1) is 21.1. The number of nitrogen functional groups attached to an aromatic ring is 1. The number of benzene rings is 3. The Morgan fingerprint density at radius 2 is 1.89 bits per heavy atom. The van der Waals surface area contributed by atoms with Crippen molar-refractivity contribution in [2.45, 2.75) is 38.0 Å². The molecule has 2 N–H and O–H groups in total. The van der Waals surface area contributed by atoms with E-state index in [1.807, 2.05) is 19.1 Å². The van der Waals surface area contributed by atoms with Crippen LogP contribution in [0.25, 0.3) is 11.8 Å². The van der Waals surface area contributed by atoms with E-state index in [0.717, 1.165) is 29.5 Å². The van der Waals surface area contributed by atoms with E-state index in [9.17, 15) is 17.6 Å². The normalized spacial score (nSPS) is 15.1. The molecule has 11 heteroatoms. The van der Waals surface area contributed by atoms with Gasteiger partial charge in [-0.1, -0.05) is 18.2 Å². The minimum absolute atomic E-state index is 0.0687. The Balaban J connectivity index is 1.24. The summed E-state index contributed by atoms with van der Waals surface area (Å²) in [4.78, 5) is 13.7. The minimum Gasteiger partial charge on any atom is -0.490 e. The van der Waals surface area contributed by atoms with Gasteiger partial charge in [-0.3, -0.25) is 4.79 Å². The van der Waals surface area contributed by atoms with Gasteiger partial charge in [0.2, 0.25) is 0 Å². The van der Waals surface area contributed by atoms with Crippen LogP contribution in [0.3, 0.4) is 0 Å². The molecule has 1 aromatic heterocycles. The number of carbonyl (C=O) groups excluding carboxylic acids is 1. The standard InChI is InChI=1S/C33H32FN3O6S/c1-20-13-26(43-30-6-4-3-5-28(30)34)7-8-29(20)37-33(35)27(18-36-37)32(38)23-14-21-16-24(19-44(2,39)40)31(17-22(21)15-23)42-25-9-11-41-12-10-25/h3-8,13,15-18,25H,9-12,14,19,35H2,1-2H3. The number of allylic oxidation sites excluding steroid dienone is 1. The van der Waals surface area contributed by atoms with Crippen LogP contribution in [0.5, 0.6) is 17.2 Å². The number of halogens is 1. The first kappa shape index (κ1) is 29.6. The highest BCUT2D eigenvalue weighted by atomic mass is 32.2. The zero-order valence-corrected chi connectivity index (χ0v) is 25.2. The molecule has 0 bridgehead atoms. The van der Waals surface area contributed by atoms with Crippen molar-refractivity contribution in [1.29, 1.82) is 0 Å². The molecule has 0 radical (unpaired) electrons. The average molecular weight is 618 g/mol. The number of nitrogens with two attached hydrogens (primary N) is 1. The van der Waals surface area contributed by atoms with E-state index in [1.54, 1.807) is 42.5 Å². The van der Waals surface area contributed by atoms with Crippen molar-refractivity contribution in [3.63, 3.8) is 0 Å². The van der Waals surface area contributed by atoms with Crippen molar-refractivity contribution in [2.24, 2.45) is 0 Å². The fourth-order valence-corrected chi connectivity index (χ4v) is 6.32. The predicted molar refractivity (Wildman–Crippen MR) is 165 cm³/mol. The molecule has 0 unspecified atom stereocenters. The summed E-state index contributed by atoms with van der Waals surface area (Å²) in [6.07, 6.45) is 6.14. The number of aryl methyl sites for hydroxylation is 1. The first-order valence-corrected chi connectivity index (χ1v) is 16.3. The Morgan fingerprint density at radius 3 is 2.61 bits per heavy atom. The van der Waals surface area contributed by atoms with Crippen molar-refractivity contribution in [1.82, 2.24) is 9.78 Å². The van der Waals surface area contributed by atoms with Gasteiger partial charge in [0.25, 0.3) is 0 Å². The zero-order chi connectivity index (χ0) is 31.0. The van der Waals surface area contributed by atoms with Gasteiger partial charge in [0.15, 0.2) is 27.2 Å². The molecular formula is C33H32FN3O6S. The molecule has 1 fully saturated rings. The van der Waals surface area contributed by atoms with Crippen LogP contribution in [0.15, 0.2) is 66.4 Å². The maximum absolute atomic E-state index is 14.0. The molecule has 1 aliphatic heterocycles. The van der Waals surface area contributed by atoms with Crippen LogP contribution < -0.4 is 15.2 Å². The van der Waals surface area contributed by atoms with Gasteiger partial charge in [0, 0.05) is 36.7 Å². The number of anilines is 1. The van der Waals surface area contributed by atoms with Crippen LogP contribution in [0, 0.1) is 12.7 Å².